The Morgan fingerprint density at radius 1 is 1.16 bits per heavy atom. The van der Waals surface area contributed by atoms with Crippen molar-refractivity contribution in [3.8, 4) is 11.3 Å². The molecule has 3 aromatic heterocycles. The summed E-state index contributed by atoms with van der Waals surface area (Å²) in [6, 6.07) is 10.5. The number of carbonyl (C=O) groups is 2. The topological polar surface area (TPSA) is 115 Å². The minimum absolute atomic E-state index is 0.00511. The van der Waals surface area contributed by atoms with Gasteiger partial charge >= 0.3 is 0 Å². The summed E-state index contributed by atoms with van der Waals surface area (Å²) in [6.07, 6.45) is 3.07. The first-order valence-corrected chi connectivity index (χ1v) is 9.45. The van der Waals surface area contributed by atoms with Crippen LogP contribution in [-0.4, -0.2) is 26.8 Å². The average Bonchev–Trinajstić information content (AvgIpc) is 3.53. The molecule has 158 valence electrons. The molecular formula is C21H18FN5O4. The molecule has 0 radical (unpaired) electrons. The van der Waals surface area contributed by atoms with Crippen LogP contribution in [0, 0.1) is 5.82 Å². The van der Waals surface area contributed by atoms with Gasteiger partial charge in [0.05, 0.1) is 18.5 Å². The number of aryl methyl sites for hydroxylation is 1. The van der Waals surface area contributed by atoms with Crippen molar-refractivity contribution in [2.24, 2.45) is 0 Å². The van der Waals surface area contributed by atoms with Gasteiger partial charge in [-0.2, -0.15) is 5.10 Å². The van der Waals surface area contributed by atoms with Crippen molar-refractivity contribution >= 4 is 17.5 Å². The Kier molecular flexibility index (Phi) is 5.61. The maximum absolute atomic E-state index is 13.1. The number of carbonyl (C=O) groups excluding carboxylic acids is 2. The summed E-state index contributed by atoms with van der Waals surface area (Å²) < 4.78 is 25.0. The normalized spacial score (nSPS) is 10.8. The Balaban J connectivity index is 1.49. The molecule has 0 saturated heterocycles. The van der Waals surface area contributed by atoms with E-state index in [0.717, 1.165) is 0 Å². The quantitative estimate of drug-likeness (QED) is 0.470. The molecule has 0 aliphatic rings. The van der Waals surface area contributed by atoms with E-state index in [4.69, 9.17) is 8.94 Å². The number of hydrogen-bond acceptors (Lipinski definition) is 6. The highest BCUT2D eigenvalue weighted by Gasteiger charge is 2.21. The van der Waals surface area contributed by atoms with Gasteiger partial charge in [0.1, 0.15) is 11.6 Å². The average molecular weight is 423 g/mol. The molecule has 1 aromatic carbocycles. The summed E-state index contributed by atoms with van der Waals surface area (Å²) in [5.74, 6) is -0.526. The summed E-state index contributed by atoms with van der Waals surface area (Å²) in [4.78, 5) is 25.2. The number of nitrogens with one attached hydrogen (secondary N) is 2. The van der Waals surface area contributed by atoms with Crippen molar-refractivity contribution in [3.05, 3.63) is 77.9 Å². The second-order valence-corrected chi connectivity index (χ2v) is 6.55. The van der Waals surface area contributed by atoms with Crippen LogP contribution in [-0.2, 0) is 13.1 Å². The molecule has 2 amide bonds. The van der Waals surface area contributed by atoms with Gasteiger partial charge in [-0.05, 0) is 43.3 Å². The molecule has 9 nitrogen and oxygen atoms in total. The van der Waals surface area contributed by atoms with Crippen LogP contribution >= 0.6 is 0 Å². The molecule has 0 spiro atoms. The van der Waals surface area contributed by atoms with E-state index in [9.17, 15) is 14.0 Å². The predicted molar refractivity (Wildman–Crippen MR) is 108 cm³/mol. The molecule has 0 atom stereocenters. The number of anilines is 1. The van der Waals surface area contributed by atoms with Crippen LogP contribution in [0.25, 0.3) is 11.3 Å². The molecule has 4 rings (SSSR count). The molecule has 4 aromatic rings. The van der Waals surface area contributed by atoms with Gasteiger partial charge < -0.3 is 19.6 Å². The van der Waals surface area contributed by atoms with Crippen molar-refractivity contribution in [2.75, 3.05) is 5.32 Å². The summed E-state index contributed by atoms with van der Waals surface area (Å²) in [5, 5.41) is 13.3. The lowest BCUT2D eigenvalue weighted by atomic mass is 10.1. The molecule has 2 N–H and O–H groups in total. The monoisotopic (exact) mass is 423 g/mol. The van der Waals surface area contributed by atoms with Crippen LogP contribution in [0.15, 0.2) is 63.9 Å². The second kappa shape index (κ2) is 8.66. The van der Waals surface area contributed by atoms with E-state index in [2.05, 4.69) is 20.9 Å². The van der Waals surface area contributed by atoms with Gasteiger partial charge in [-0.3, -0.25) is 14.3 Å². The van der Waals surface area contributed by atoms with Crippen molar-refractivity contribution in [3.63, 3.8) is 0 Å². The lowest BCUT2D eigenvalue weighted by molar-refractivity contribution is 0.0943. The van der Waals surface area contributed by atoms with E-state index in [0.29, 0.717) is 23.6 Å². The van der Waals surface area contributed by atoms with Crippen molar-refractivity contribution < 1.29 is 22.9 Å². The second-order valence-electron chi connectivity index (χ2n) is 6.55. The van der Waals surface area contributed by atoms with E-state index >= 15 is 0 Å². The molecule has 3 heterocycles. The Labute approximate surface area is 175 Å². The zero-order chi connectivity index (χ0) is 21.8. The molecule has 0 saturated carbocycles. The van der Waals surface area contributed by atoms with Crippen molar-refractivity contribution in [1.29, 1.82) is 0 Å². The summed E-state index contributed by atoms with van der Waals surface area (Å²) in [7, 11) is 0. The van der Waals surface area contributed by atoms with E-state index in [1.54, 1.807) is 18.3 Å². The summed E-state index contributed by atoms with van der Waals surface area (Å²) in [5.41, 5.74) is 0.870. The first-order chi connectivity index (χ1) is 15.0. The largest absolute Gasteiger partial charge is 0.467 e. The van der Waals surface area contributed by atoms with Crippen molar-refractivity contribution in [1.82, 2.24) is 20.3 Å². The minimum Gasteiger partial charge on any atom is -0.467 e. The van der Waals surface area contributed by atoms with Crippen LogP contribution in [0.5, 0.6) is 0 Å². The van der Waals surface area contributed by atoms with Gasteiger partial charge in [0.25, 0.3) is 11.8 Å². The molecular weight excluding hydrogens is 405 g/mol. The highest BCUT2D eigenvalue weighted by atomic mass is 19.1. The minimum atomic E-state index is -0.576. The molecule has 31 heavy (non-hydrogen) atoms. The van der Waals surface area contributed by atoms with E-state index < -0.39 is 11.8 Å². The molecule has 0 unspecified atom stereocenters. The smallest absolute Gasteiger partial charge is 0.277 e. The SMILES string of the molecule is CCn1cc(NC(=O)c2cc(-c3ccc(F)cc3)on2)c(C(=O)NCc2ccco2)n1. The van der Waals surface area contributed by atoms with Gasteiger partial charge in [0.15, 0.2) is 17.1 Å². The van der Waals surface area contributed by atoms with E-state index in [1.165, 1.54) is 41.3 Å². The van der Waals surface area contributed by atoms with Gasteiger partial charge in [0.2, 0.25) is 0 Å². The van der Waals surface area contributed by atoms with Crippen molar-refractivity contribution in [2.45, 2.75) is 20.0 Å². The summed E-state index contributed by atoms with van der Waals surface area (Å²) >= 11 is 0. The third-order valence-electron chi connectivity index (χ3n) is 4.42. The Bertz CT molecular complexity index is 1200. The molecule has 0 aliphatic heterocycles. The van der Waals surface area contributed by atoms with Crippen LogP contribution in [0.1, 0.15) is 33.7 Å². The van der Waals surface area contributed by atoms with Gasteiger partial charge in [0, 0.05) is 24.4 Å². The molecule has 10 heteroatoms. The third-order valence-corrected chi connectivity index (χ3v) is 4.42. The first-order valence-electron chi connectivity index (χ1n) is 9.45. The highest BCUT2D eigenvalue weighted by molar-refractivity contribution is 6.07. The van der Waals surface area contributed by atoms with Gasteiger partial charge in [-0.25, -0.2) is 4.39 Å². The number of aromatic nitrogens is 3. The number of rotatable bonds is 7. The number of benzene rings is 1. The van der Waals surface area contributed by atoms with Crippen LogP contribution in [0.2, 0.25) is 0 Å². The fourth-order valence-corrected chi connectivity index (χ4v) is 2.83. The first kappa shape index (κ1) is 20.1. The zero-order valence-corrected chi connectivity index (χ0v) is 16.5. The van der Waals surface area contributed by atoms with Crippen LogP contribution in [0.3, 0.4) is 0 Å². The molecule has 0 aliphatic carbocycles. The van der Waals surface area contributed by atoms with Gasteiger partial charge in [-0.15, -0.1) is 0 Å². The number of amides is 2. The number of nitrogens with zero attached hydrogens (tertiary/aromatic N) is 3. The van der Waals surface area contributed by atoms with Gasteiger partial charge in [-0.1, -0.05) is 5.16 Å². The highest BCUT2D eigenvalue weighted by Crippen LogP contribution is 2.22. The van der Waals surface area contributed by atoms with E-state index in [-0.39, 0.29) is 29.4 Å². The Morgan fingerprint density at radius 3 is 2.68 bits per heavy atom. The Hall–Kier alpha value is -4.21. The third kappa shape index (κ3) is 4.53. The lowest BCUT2D eigenvalue weighted by Crippen LogP contribution is -2.25. The molecule has 0 bridgehead atoms. The maximum Gasteiger partial charge on any atom is 0.277 e. The standard InChI is InChI=1S/C21H18FN5O4/c1-2-27-12-17(19(25-27)21(29)23-11-15-4-3-9-30-15)24-20(28)16-10-18(31-26-16)13-5-7-14(22)8-6-13/h3-10,12H,2,11H2,1H3,(H,23,29)(H,24,28). The Morgan fingerprint density at radius 2 is 1.97 bits per heavy atom. The zero-order valence-electron chi connectivity index (χ0n) is 16.5. The number of hydrogen-bond donors (Lipinski definition) is 2. The van der Waals surface area contributed by atoms with Crippen LogP contribution in [0.4, 0.5) is 10.1 Å². The summed E-state index contributed by atoms with van der Waals surface area (Å²) in [6.45, 7) is 2.55. The lowest BCUT2D eigenvalue weighted by Gasteiger charge is -2.04. The number of halogens is 1. The predicted octanol–water partition coefficient (Wildman–Crippen LogP) is 3.47. The maximum atomic E-state index is 13.1. The number of furan rings is 1. The fraction of sp³-hybridized carbons (Fsp3) is 0.143. The fourth-order valence-electron chi connectivity index (χ4n) is 2.83. The van der Waals surface area contributed by atoms with Crippen LogP contribution < -0.4 is 10.6 Å². The molecule has 0 fully saturated rings. The van der Waals surface area contributed by atoms with E-state index in [1.807, 2.05) is 6.92 Å².